The van der Waals surface area contributed by atoms with Gasteiger partial charge in [-0.1, -0.05) is 12.1 Å². The van der Waals surface area contributed by atoms with Crippen LogP contribution in [0, 0.1) is 20.4 Å². The monoisotopic (exact) mass is 188 g/mol. The lowest BCUT2D eigenvalue weighted by Gasteiger charge is -2.07. The molecule has 1 aromatic rings. The summed E-state index contributed by atoms with van der Waals surface area (Å²) in [5.74, 6) is -0.256. The Bertz CT molecular complexity index is 391. The maximum absolute atomic E-state index is 11.2. The van der Waals surface area contributed by atoms with Crippen LogP contribution in [0.4, 0.5) is 5.69 Å². The van der Waals surface area contributed by atoms with E-state index in [1.807, 2.05) is 32.0 Å². The van der Waals surface area contributed by atoms with Crippen molar-refractivity contribution < 1.29 is 4.79 Å². The van der Waals surface area contributed by atoms with Crippen molar-refractivity contribution >= 4 is 11.6 Å². The van der Waals surface area contributed by atoms with Gasteiger partial charge in [-0.3, -0.25) is 4.79 Å². The molecule has 0 spiro atoms. The highest BCUT2D eigenvalue weighted by Crippen LogP contribution is 2.17. The molecular formula is C11H12N2O. The molecule has 0 unspecified atom stereocenters. The molecule has 0 saturated heterocycles. The summed E-state index contributed by atoms with van der Waals surface area (Å²) in [5, 5.41) is 2.70. The van der Waals surface area contributed by atoms with Crippen molar-refractivity contribution in [1.29, 1.82) is 0 Å². The van der Waals surface area contributed by atoms with Gasteiger partial charge in [0.05, 0.1) is 0 Å². The second kappa shape index (κ2) is 4.43. The maximum Gasteiger partial charge on any atom is 0.304 e. The molecule has 0 aromatic heterocycles. The molecule has 0 radical (unpaired) electrons. The van der Waals surface area contributed by atoms with Gasteiger partial charge < -0.3 is 10.2 Å². The molecule has 3 nitrogen and oxygen atoms in total. The Labute approximate surface area is 83.6 Å². The topological polar surface area (TPSA) is 33.5 Å². The van der Waals surface area contributed by atoms with Crippen LogP contribution in [-0.4, -0.2) is 12.5 Å². The number of hydrogen-bond donors (Lipinski definition) is 1. The Morgan fingerprint density at radius 1 is 1.50 bits per heavy atom. The number of anilines is 1. The Kier molecular flexibility index (Phi) is 3.24. The Balaban J connectivity index is 2.83. The zero-order chi connectivity index (χ0) is 10.6. The van der Waals surface area contributed by atoms with E-state index < -0.39 is 0 Å². The molecule has 3 heteroatoms. The average Bonchev–Trinajstić information content (AvgIpc) is 2.13. The van der Waals surface area contributed by atoms with Gasteiger partial charge in [0.2, 0.25) is 0 Å². The largest absolute Gasteiger partial charge is 0.319 e. The van der Waals surface area contributed by atoms with Crippen LogP contribution in [0.25, 0.3) is 4.85 Å². The smallest absolute Gasteiger partial charge is 0.304 e. The van der Waals surface area contributed by atoms with E-state index in [4.69, 9.17) is 6.57 Å². The van der Waals surface area contributed by atoms with Gasteiger partial charge in [-0.05, 0) is 31.0 Å². The zero-order valence-corrected chi connectivity index (χ0v) is 8.29. The third kappa shape index (κ3) is 2.33. The van der Waals surface area contributed by atoms with E-state index >= 15 is 0 Å². The highest BCUT2D eigenvalue weighted by atomic mass is 16.1. The van der Waals surface area contributed by atoms with Crippen molar-refractivity contribution in [2.24, 2.45) is 0 Å². The molecule has 0 bridgehead atoms. The van der Waals surface area contributed by atoms with Crippen LogP contribution in [0.1, 0.15) is 11.1 Å². The molecule has 0 saturated carbocycles. The minimum atomic E-state index is -0.256. The number of nitrogens with one attached hydrogen (secondary N) is 1. The van der Waals surface area contributed by atoms with Crippen LogP contribution in [-0.2, 0) is 4.79 Å². The van der Waals surface area contributed by atoms with E-state index in [9.17, 15) is 4.79 Å². The summed E-state index contributed by atoms with van der Waals surface area (Å²) < 4.78 is 0. The van der Waals surface area contributed by atoms with Gasteiger partial charge in [-0.25, -0.2) is 6.57 Å². The number of rotatable bonds is 2. The van der Waals surface area contributed by atoms with Gasteiger partial charge in [-0.2, -0.15) is 0 Å². The van der Waals surface area contributed by atoms with Crippen LogP contribution in [0.2, 0.25) is 0 Å². The molecule has 1 N–H and O–H groups in total. The summed E-state index contributed by atoms with van der Waals surface area (Å²) in [7, 11) is 0. The first-order valence-electron chi connectivity index (χ1n) is 4.34. The van der Waals surface area contributed by atoms with E-state index in [0.717, 1.165) is 16.8 Å². The number of carbonyl (C=O) groups excluding carboxylic acids is 1. The fourth-order valence-corrected chi connectivity index (χ4v) is 1.15. The quantitative estimate of drug-likeness (QED) is 0.709. The molecule has 0 aliphatic heterocycles. The molecule has 14 heavy (non-hydrogen) atoms. The van der Waals surface area contributed by atoms with Crippen molar-refractivity contribution in [3.05, 3.63) is 40.7 Å². The number of hydrogen-bond acceptors (Lipinski definition) is 1. The van der Waals surface area contributed by atoms with Crippen LogP contribution in [0.3, 0.4) is 0 Å². The van der Waals surface area contributed by atoms with Crippen LogP contribution in [0.5, 0.6) is 0 Å². The lowest BCUT2D eigenvalue weighted by atomic mass is 10.1. The SMILES string of the molecule is [C-]#[N+]CC(=O)Nc1cccc(C)c1C. The van der Waals surface area contributed by atoms with Crippen molar-refractivity contribution in [2.75, 3.05) is 11.9 Å². The molecule has 0 aliphatic rings. The molecule has 72 valence electrons. The lowest BCUT2D eigenvalue weighted by Crippen LogP contribution is -2.14. The van der Waals surface area contributed by atoms with Crippen molar-refractivity contribution in [2.45, 2.75) is 13.8 Å². The first-order valence-corrected chi connectivity index (χ1v) is 4.34. The number of nitrogens with zero attached hydrogens (tertiary/aromatic N) is 1. The first kappa shape index (κ1) is 10.3. The summed E-state index contributed by atoms with van der Waals surface area (Å²) in [6.07, 6.45) is 0. The summed E-state index contributed by atoms with van der Waals surface area (Å²) in [6, 6.07) is 5.71. The number of amides is 1. The third-order valence-corrected chi connectivity index (χ3v) is 2.10. The predicted molar refractivity (Wildman–Crippen MR) is 56.0 cm³/mol. The van der Waals surface area contributed by atoms with Gasteiger partial charge in [0.15, 0.2) is 0 Å². The van der Waals surface area contributed by atoms with Gasteiger partial charge in [0.1, 0.15) is 0 Å². The Morgan fingerprint density at radius 2 is 2.21 bits per heavy atom. The van der Waals surface area contributed by atoms with Crippen LogP contribution < -0.4 is 5.32 Å². The first-order chi connectivity index (χ1) is 6.65. The van der Waals surface area contributed by atoms with E-state index in [1.165, 1.54) is 0 Å². The van der Waals surface area contributed by atoms with Gasteiger partial charge in [0, 0.05) is 5.69 Å². The Hall–Kier alpha value is -1.82. The summed E-state index contributed by atoms with van der Waals surface area (Å²) in [6.45, 7) is 10.4. The molecule has 0 atom stereocenters. The van der Waals surface area contributed by atoms with Crippen LogP contribution in [0.15, 0.2) is 18.2 Å². The van der Waals surface area contributed by atoms with Gasteiger partial charge >= 0.3 is 5.91 Å². The fraction of sp³-hybridized carbons (Fsp3) is 0.273. The van der Waals surface area contributed by atoms with Crippen molar-refractivity contribution in [3.8, 4) is 0 Å². The second-order valence-electron chi connectivity index (χ2n) is 3.11. The molecule has 1 aromatic carbocycles. The Morgan fingerprint density at radius 3 is 2.86 bits per heavy atom. The minimum Gasteiger partial charge on any atom is -0.319 e. The third-order valence-electron chi connectivity index (χ3n) is 2.10. The van der Waals surface area contributed by atoms with Crippen molar-refractivity contribution in [3.63, 3.8) is 0 Å². The highest BCUT2D eigenvalue weighted by molar-refractivity contribution is 5.93. The van der Waals surface area contributed by atoms with E-state index in [-0.39, 0.29) is 12.5 Å². The second-order valence-corrected chi connectivity index (χ2v) is 3.11. The van der Waals surface area contributed by atoms with Crippen molar-refractivity contribution in [1.82, 2.24) is 0 Å². The normalized spacial score (nSPS) is 9.21. The molecule has 0 aliphatic carbocycles. The van der Waals surface area contributed by atoms with Gasteiger partial charge in [0.25, 0.3) is 6.54 Å². The average molecular weight is 188 g/mol. The molecule has 1 rings (SSSR count). The van der Waals surface area contributed by atoms with Crippen LogP contribution >= 0.6 is 0 Å². The molecule has 0 fully saturated rings. The number of carbonyl (C=O) groups is 1. The standard InChI is InChI=1S/C11H12N2O/c1-8-5-4-6-10(9(8)2)13-11(14)7-12-3/h4-6H,7H2,1-2H3,(H,13,14). The fourth-order valence-electron chi connectivity index (χ4n) is 1.15. The zero-order valence-electron chi connectivity index (χ0n) is 8.29. The van der Waals surface area contributed by atoms with E-state index in [0.29, 0.717) is 0 Å². The number of benzene rings is 1. The van der Waals surface area contributed by atoms with Gasteiger partial charge in [-0.15, -0.1) is 0 Å². The predicted octanol–water partition coefficient (Wildman–Crippen LogP) is 2.16. The summed E-state index contributed by atoms with van der Waals surface area (Å²) in [5.41, 5.74) is 2.97. The molecular weight excluding hydrogens is 176 g/mol. The molecule has 0 heterocycles. The molecule has 1 amide bonds. The summed E-state index contributed by atoms with van der Waals surface area (Å²) >= 11 is 0. The van der Waals surface area contributed by atoms with E-state index in [1.54, 1.807) is 0 Å². The highest BCUT2D eigenvalue weighted by Gasteiger charge is 2.06. The minimum absolute atomic E-state index is 0.118. The summed E-state index contributed by atoms with van der Waals surface area (Å²) in [4.78, 5) is 14.2. The lowest BCUT2D eigenvalue weighted by molar-refractivity contribution is -0.114. The maximum atomic E-state index is 11.2. The van der Waals surface area contributed by atoms with E-state index in [2.05, 4.69) is 10.2 Å². The number of aryl methyl sites for hydroxylation is 1.